The van der Waals surface area contributed by atoms with E-state index in [9.17, 15) is 23.1 Å². The molecule has 2 unspecified atom stereocenters. The fourth-order valence-electron chi connectivity index (χ4n) is 6.25. The highest BCUT2D eigenvalue weighted by molar-refractivity contribution is 5.79. The van der Waals surface area contributed by atoms with Crippen molar-refractivity contribution in [1.82, 2.24) is 9.88 Å². The average molecular weight is 495 g/mol. The summed E-state index contributed by atoms with van der Waals surface area (Å²) in [5.74, 6) is -0.0602. The molecule has 2 saturated heterocycles. The average Bonchev–Trinajstić information content (AvgIpc) is 3.34. The van der Waals surface area contributed by atoms with E-state index >= 15 is 0 Å². The summed E-state index contributed by atoms with van der Waals surface area (Å²) in [6.45, 7) is 0.197. The number of pyridine rings is 1. The molecule has 1 N–H and O–H groups in total. The van der Waals surface area contributed by atoms with Gasteiger partial charge in [0.2, 0.25) is 0 Å². The van der Waals surface area contributed by atoms with Crippen LogP contribution in [0.4, 0.5) is 18.0 Å². The summed E-state index contributed by atoms with van der Waals surface area (Å²) < 4.78 is 45.4. The normalized spacial score (nSPS) is 24.9. The lowest BCUT2D eigenvalue weighted by Crippen LogP contribution is -2.52. The number of rotatable bonds is 3. The predicted molar refractivity (Wildman–Crippen MR) is 126 cm³/mol. The van der Waals surface area contributed by atoms with E-state index in [0.717, 1.165) is 28.3 Å². The molecule has 2 atom stereocenters. The molecular formula is C28H25F3N2O3. The zero-order valence-corrected chi connectivity index (χ0v) is 19.4. The Morgan fingerprint density at radius 3 is 2.11 bits per heavy atom. The molecule has 8 heteroatoms. The lowest BCUT2D eigenvalue weighted by molar-refractivity contribution is -0.141. The second-order valence-electron chi connectivity index (χ2n) is 9.94. The second-order valence-corrected chi connectivity index (χ2v) is 9.94. The molecule has 2 bridgehead atoms. The largest absolute Gasteiger partial charge is 0.448 e. The van der Waals surface area contributed by atoms with Crippen LogP contribution in [0.1, 0.15) is 54.1 Å². The van der Waals surface area contributed by atoms with Gasteiger partial charge in [0, 0.05) is 30.8 Å². The number of alkyl halides is 3. The summed E-state index contributed by atoms with van der Waals surface area (Å²) in [5.41, 5.74) is 1.99. The van der Waals surface area contributed by atoms with Gasteiger partial charge in [-0.3, -0.25) is 0 Å². The van der Waals surface area contributed by atoms with Crippen molar-refractivity contribution < 1.29 is 27.8 Å². The van der Waals surface area contributed by atoms with E-state index in [1.807, 2.05) is 24.3 Å². The van der Waals surface area contributed by atoms with Crippen LogP contribution in [0.5, 0.6) is 0 Å². The van der Waals surface area contributed by atoms with Crippen LogP contribution in [-0.4, -0.2) is 39.8 Å². The van der Waals surface area contributed by atoms with Crippen LogP contribution in [-0.2, 0) is 16.5 Å². The third-order valence-corrected chi connectivity index (χ3v) is 7.83. The van der Waals surface area contributed by atoms with Gasteiger partial charge >= 0.3 is 12.3 Å². The zero-order chi connectivity index (χ0) is 25.1. The third kappa shape index (κ3) is 3.75. The first-order valence-corrected chi connectivity index (χ1v) is 12.1. The van der Waals surface area contributed by atoms with E-state index in [2.05, 4.69) is 29.2 Å². The van der Waals surface area contributed by atoms with Gasteiger partial charge in [-0.05, 0) is 47.2 Å². The Morgan fingerprint density at radius 2 is 1.53 bits per heavy atom. The fraction of sp³-hybridized carbons (Fsp3) is 0.357. The summed E-state index contributed by atoms with van der Waals surface area (Å²) in [7, 11) is 0. The minimum Gasteiger partial charge on any atom is -0.448 e. The minimum atomic E-state index is -4.59. The summed E-state index contributed by atoms with van der Waals surface area (Å²) in [4.78, 5) is 18.6. The number of halogens is 3. The van der Waals surface area contributed by atoms with Gasteiger partial charge in [0.15, 0.2) is 0 Å². The molecule has 5 nitrogen and oxygen atoms in total. The summed E-state index contributed by atoms with van der Waals surface area (Å²) in [6, 6.07) is 19.2. The monoisotopic (exact) mass is 494 g/mol. The maximum Gasteiger partial charge on any atom is 0.433 e. The topological polar surface area (TPSA) is 62.7 Å². The maximum absolute atomic E-state index is 13.2. The number of piperidine rings is 1. The van der Waals surface area contributed by atoms with Crippen LogP contribution in [0.15, 0.2) is 66.7 Å². The van der Waals surface area contributed by atoms with Crippen molar-refractivity contribution in [2.24, 2.45) is 0 Å². The Kier molecular flexibility index (Phi) is 5.33. The highest BCUT2D eigenvalue weighted by atomic mass is 19.4. The Morgan fingerprint density at radius 1 is 0.944 bits per heavy atom. The number of aromatic nitrogens is 1. The number of aliphatic hydroxyl groups is 1. The molecule has 1 amide bonds. The Balaban J connectivity index is 1.18. The van der Waals surface area contributed by atoms with Crippen LogP contribution < -0.4 is 0 Å². The van der Waals surface area contributed by atoms with Crippen molar-refractivity contribution in [3.63, 3.8) is 0 Å². The molecule has 6 rings (SSSR count). The molecule has 3 heterocycles. The highest BCUT2D eigenvalue weighted by Gasteiger charge is 2.51. The van der Waals surface area contributed by atoms with E-state index in [1.165, 1.54) is 12.1 Å². The number of carbonyl (C=O) groups is 1. The van der Waals surface area contributed by atoms with Gasteiger partial charge in [0.1, 0.15) is 17.9 Å². The predicted octanol–water partition coefficient (Wildman–Crippen LogP) is 5.86. The van der Waals surface area contributed by atoms with Crippen LogP contribution >= 0.6 is 0 Å². The minimum absolute atomic E-state index is 0.00131. The molecule has 3 aliphatic rings. The highest BCUT2D eigenvalue weighted by Crippen LogP contribution is 2.47. The molecule has 2 aliphatic heterocycles. The first-order valence-electron chi connectivity index (χ1n) is 12.1. The SMILES string of the molecule is O=C(OCC1c2ccccc2-c2ccccc21)N1C2CCC1CC(O)(c1cccc(C(F)(F)F)n1)C2. The standard InChI is InChI=1S/C28H25F3N2O3/c29-28(30,31)25-11-5-10-24(32-25)27(35)14-17-12-13-18(15-27)33(17)26(34)36-16-23-21-8-3-1-6-19(21)20-7-2-4-9-22(20)23/h1-11,17-18,23,35H,12-16H2. The molecule has 0 radical (unpaired) electrons. The summed E-state index contributed by atoms with van der Waals surface area (Å²) in [6.07, 6.45) is -3.45. The van der Waals surface area contributed by atoms with Gasteiger partial charge in [-0.15, -0.1) is 0 Å². The number of benzene rings is 2. The molecule has 1 aromatic heterocycles. The van der Waals surface area contributed by atoms with E-state index in [1.54, 1.807) is 4.90 Å². The van der Waals surface area contributed by atoms with Crippen LogP contribution in [0.25, 0.3) is 11.1 Å². The molecule has 36 heavy (non-hydrogen) atoms. The van der Waals surface area contributed by atoms with Crippen molar-refractivity contribution in [2.75, 3.05) is 6.61 Å². The van der Waals surface area contributed by atoms with E-state index in [4.69, 9.17) is 4.74 Å². The number of nitrogens with zero attached hydrogens (tertiary/aromatic N) is 2. The summed E-state index contributed by atoms with van der Waals surface area (Å²) >= 11 is 0. The van der Waals surface area contributed by atoms with Gasteiger partial charge in [-0.1, -0.05) is 54.6 Å². The number of ether oxygens (including phenoxy) is 1. The molecule has 2 aromatic carbocycles. The Labute approximate surface area is 206 Å². The quantitative estimate of drug-likeness (QED) is 0.495. The van der Waals surface area contributed by atoms with Crippen LogP contribution in [0.2, 0.25) is 0 Å². The number of hydrogen-bond acceptors (Lipinski definition) is 4. The second kappa shape index (κ2) is 8.34. The van der Waals surface area contributed by atoms with Crippen LogP contribution in [0, 0.1) is 0 Å². The molecular weight excluding hydrogens is 469 g/mol. The number of amides is 1. The van der Waals surface area contributed by atoms with E-state index in [-0.39, 0.29) is 43.1 Å². The van der Waals surface area contributed by atoms with Crippen molar-refractivity contribution in [3.8, 4) is 11.1 Å². The summed E-state index contributed by atoms with van der Waals surface area (Å²) in [5, 5.41) is 11.3. The third-order valence-electron chi connectivity index (χ3n) is 7.83. The van der Waals surface area contributed by atoms with E-state index < -0.39 is 23.6 Å². The molecule has 1 aliphatic carbocycles. The number of fused-ring (bicyclic) bond motifs is 5. The fourth-order valence-corrected chi connectivity index (χ4v) is 6.25. The lowest BCUT2D eigenvalue weighted by Gasteiger charge is -2.43. The molecule has 0 saturated carbocycles. The van der Waals surface area contributed by atoms with Crippen molar-refractivity contribution in [3.05, 3.63) is 89.2 Å². The Bertz CT molecular complexity index is 1270. The van der Waals surface area contributed by atoms with E-state index in [0.29, 0.717) is 12.8 Å². The van der Waals surface area contributed by atoms with Crippen LogP contribution in [0.3, 0.4) is 0 Å². The molecule has 3 aromatic rings. The molecule has 186 valence electrons. The molecule has 2 fully saturated rings. The van der Waals surface area contributed by atoms with Gasteiger partial charge in [-0.25, -0.2) is 9.78 Å². The van der Waals surface area contributed by atoms with Crippen molar-refractivity contribution >= 4 is 6.09 Å². The van der Waals surface area contributed by atoms with Gasteiger partial charge in [-0.2, -0.15) is 13.2 Å². The van der Waals surface area contributed by atoms with Gasteiger partial charge in [0.05, 0.1) is 5.69 Å². The molecule has 0 spiro atoms. The number of hydrogen-bond donors (Lipinski definition) is 1. The first-order chi connectivity index (χ1) is 17.2. The first kappa shape index (κ1) is 23.0. The van der Waals surface area contributed by atoms with Crippen molar-refractivity contribution in [2.45, 2.75) is 55.5 Å². The maximum atomic E-state index is 13.2. The smallest absolute Gasteiger partial charge is 0.433 e. The van der Waals surface area contributed by atoms with Gasteiger partial charge in [0.25, 0.3) is 0 Å². The Hall–Kier alpha value is -3.39. The lowest BCUT2D eigenvalue weighted by atomic mass is 9.83. The van der Waals surface area contributed by atoms with Gasteiger partial charge < -0.3 is 14.7 Å². The van der Waals surface area contributed by atoms with Crippen molar-refractivity contribution in [1.29, 1.82) is 0 Å². The zero-order valence-electron chi connectivity index (χ0n) is 19.4. The number of carbonyl (C=O) groups excluding carboxylic acids is 1.